The van der Waals surface area contributed by atoms with Gasteiger partial charge in [-0.3, -0.25) is 10.00 Å². The SMILES string of the molecule is Cc1[nH]nc(CN2CCCC(c3nc(C(C)C)no3)C2)c1Cl. The second-order valence-corrected chi connectivity index (χ2v) is 6.71. The second kappa shape index (κ2) is 6.38. The van der Waals surface area contributed by atoms with Crippen LogP contribution in [-0.2, 0) is 6.54 Å². The number of rotatable bonds is 4. The van der Waals surface area contributed by atoms with Gasteiger partial charge in [-0.05, 0) is 26.3 Å². The Kier molecular flexibility index (Phi) is 4.49. The van der Waals surface area contributed by atoms with Crippen LogP contribution in [0.3, 0.4) is 0 Å². The monoisotopic (exact) mass is 323 g/mol. The molecule has 6 nitrogen and oxygen atoms in total. The molecule has 1 aliphatic rings. The molecule has 1 atom stereocenters. The fourth-order valence-electron chi connectivity index (χ4n) is 2.83. The van der Waals surface area contributed by atoms with E-state index in [-0.39, 0.29) is 0 Å². The van der Waals surface area contributed by atoms with E-state index in [0.717, 1.165) is 60.6 Å². The van der Waals surface area contributed by atoms with E-state index in [1.54, 1.807) is 0 Å². The summed E-state index contributed by atoms with van der Waals surface area (Å²) >= 11 is 6.26. The number of aromatic amines is 1. The van der Waals surface area contributed by atoms with Gasteiger partial charge in [0.15, 0.2) is 5.82 Å². The molecule has 22 heavy (non-hydrogen) atoms. The topological polar surface area (TPSA) is 70.8 Å². The maximum atomic E-state index is 6.26. The highest BCUT2D eigenvalue weighted by Gasteiger charge is 2.27. The first kappa shape index (κ1) is 15.5. The third-order valence-corrected chi connectivity index (χ3v) is 4.64. The number of aromatic nitrogens is 4. The van der Waals surface area contributed by atoms with Gasteiger partial charge in [-0.25, -0.2) is 0 Å². The zero-order chi connectivity index (χ0) is 15.7. The van der Waals surface area contributed by atoms with Crippen molar-refractivity contribution in [3.8, 4) is 0 Å². The lowest BCUT2D eigenvalue weighted by molar-refractivity contribution is 0.178. The number of aryl methyl sites for hydroxylation is 1. The fraction of sp³-hybridized carbons (Fsp3) is 0.667. The summed E-state index contributed by atoms with van der Waals surface area (Å²) in [5.41, 5.74) is 1.83. The van der Waals surface area contributed by atoms with E-state index in [9.17, 15) is 0 Å². The molecule has 1 fully saturated rings. The Labute approximate surface area is 135 Å². The molecule has 0 saturated carbocycles. The molecule has 0 aromatic carbocycles. The number of piperidine rings is 1. The zero-order valence-corrected chi connectivity index (χ0v) is 14.0. The molecular weight excluding hydrogens is 302 g/mol. The predicted molar refractivity (Wildman–Crippen MR) is 84.0 cm³/mol. The molecule has 7 heteroatoms. The minimum Gasteiger partial charge on any atom is -0.339 e. The molecule has 0 radical (unpaired) electrons. The van der Waals surface area contributed by atoms with Crippen LogP contribution in [0.1, 0.15) is 61.6 Å². The maximum absolute atomic E-state index is 6.26. The summed E-state index contributed by atoms with van der Waals surface area (Å²) in [6.45, 7) is 8.79. The predicted octanol–water partition coefficient (Wildman–Crippen LogP) is 3.26. The van der Waals surface area contributed by atoms with Crippen LogP contribution in [0.25, 0.3) is 0 Å². The number of nitrogens with one attached hydrogen (secondary N) is 1. The summed E-state index contributed by atoms with van der Waals surface area (Å²) in [7, 11) is 0. The normalized spacial score (nSPS) is 20.0. The van der Waals surface area contributed by atoms with Crippen molar-refractivity contribution in [1.29, 1.82) is 0 Å². The van der Waals surface area contributed by atoms with Crippen molar-refractivity contribution in [3.05, 3.63) is 28.1 Å². The van der Waals surface area contributed by atoms with Gasteiger partial charge in [0, 0.05) is 19.0 Å². The third-order valence-electron chi connectivity index (χ3n) is 4.14. The molecular formula is C15H22ClN5O. The first-order valence-corrected chi connectivity index (χ1v) is 8.17. The highest BCUT2D eigenvalue weighted by Crippen LogP contribution is 2.28. The van der Waals surface area contributed by atoms with Gasteiger partial charge in [-0.2, -0.15) is 10.1 Å². The lowest BCUT2D eigenvalue weighted by atomic mass is 9.98. The van der Waals surface area contributed by atoms with Crippen molar-refractivity contribution < 1.29 is 4.52 Å². The van der Waals surface area contributed by atoms with E-state index >= 15 is 0 Å². The molecule has 1 unspecified atom stereocenters. The van der Waals surface area contributed by atoms with E-state index in [2.05, 4.69) is 39.1 Å². The van der Waals surface area contributed by atoms with Crippen molar-refractivity contribution in [1.82, 2.24) is 25.2 Å². The highest BCUT2D eigenvalue weighted by atomic mass is 35.5. The maximum Gasteiger partial charge on any atom is 0.231 e. The quantitative estimate of drug-likeness (QED) is 0.935. The molecule has 0 bridgehead atoms. The van der Waals surface area contributed by atoms with E-state index in [1.807, 2.05) is 6.92 Å². The molecule has 120 valence electrons. The van der Waals surface area contributed by atoms with Crippen molar-refractivity contribution >= 4 is 11.6 Å². The molecule has 1 aliphatic heterocycles. The molecule has 0 aliphatic carbocycles. The van der Waals surface area contributed by atoms with Crippen LogP contribution in [0.2, 0.25) is 5.02 Å². The lowest BCUT2D eigenvalue weighted by Crippen LogP contribution is -2.34. The van der Waals surface area contributed by atoms with Crippen LogP contribution in [0.4, 0.5) is 0 Å². The van der Waals surface area contributed by atoms with Crippen LogP contribution in [0.15, 0.2) is 4.52 Å². The molecule has 0 spiro atoms. The largest absolute Gasteiger partial charge is 0.339 e. The number of halogens is 1. The minimum atomic E-state index is 0.294. The molecule has 2 aromatic rings. The highest BCUT2D eigenvalue weighted by molar-refractivity contribution is 6.31. The third kappa shape index (κ3) is 3.17. The average molecular weight is 324 g/mol. The van der Waals surface area contributed by atoms with Crippen LogP contribution in [-0.4, -0.2) is 38.3 Å². The summed E-state index contributed by atoms with van der Waals surface area (Å²) in [6.07, 6.45) is 2.20. The summed E-state index contributed by atoms with van der Waals surface area (Å²) in [6, 6.07) is 0. The van der Waals surface area contributed by atoms with Crippen LogP contribution >= 0.6 is 11.6 Å². The molecule has 3 heterocycles. The molecule has 2 aromatic heterocycles. The summed E-state index contributed by atoms with van der Waals surface area (Å²) in [5, 5.41) is 12.0. The Hall–Kier alpha value is -1.40. The first-order chi connectivity index (χ1) is 10.5. The van der Waals surface area contributed by atoms with E-state index in [1.165, 1.54) is 0 Å². The molecule has 1 N–H and O–H groups in total. The van der Waals surface area contributed by atoms with Crippen molar-refractivity contribution in [3.63, 3.8) is 0 Å². The fourth-order valence-corrected chi connectivity index (χ4v) is 2.98. The summed E-state index contributed by atoms with van der Waals surface area (Å²) in [5.74, 6) is 2.14. The number of nitrogens with zero attached hydrogens (tertiary/aromatic N) is 4. The van der Waals surface area contributed by atoms with Crippen molar-refractivity contribution in [2.45, 2.75) is 52.0 Å². The Morgan fingerprint density at radius 3 is 2.91 bits per heavy atom. The van der Waals surface area contributed by atoms with Gasteiger partial charge in [-0.15, -0.1) is 0 Å². The molecule has 1 saturated heterocycles. The van der Waals surface area contributed by atoms with Gasteiger partial charge >= 0.3 is 0 Å². The minimum absolute atomic E-state index is 0.294. The van der Waals surface area contributed by atoms with Gasteiger partial charge in [0.1, 0.15) is 0 Å². The van der Waals surface area contributed by atoms with E-state index < -0.39 is 0 Å². The number of likely N-dealkylation sites (tertiary alicyclic amines) is 1. The first-order valence-electron chi connectivity index (χ1n) is 7.79. The summed E-state index contributed by atoms with van der Waals surface area (Å²) in [4.78, 5) is 6.90. The van der Waals surface area contributed by atoms with Crippen LogP contribution in [0.5, 0.6) is 0 Å². The number of hydrogen-bond acceptors (Lipinski definition) is 5. The van der Waals surface area contributed by atoms with Gasteiger partial charge in [-0.1, -0.05) is 30.6 Å². The van der Waals surface area contributed by atoms with Gasteiger partial charge in [0.2, 0.25) is 5.89 Å². The standard InChI is InChI=1S/C15H22ClN5O/c1-9(2)14-17-15(22-20-14)11-5-4-6-21(7-11)8-12-13(16)10(3)18-19-12/h9,11H,4-8H2,1-3H3,(H,18,19). The Balaban J connectivity index is 1.67. The van der Waals surface area contributed by atoms with Crippen LogP contribution in [0, 0.1) is 6.92 Å². The Morgan fingerprint density at radius 1 is 1.45 bits per heavy atom. The Bertz CT molecular complexity index is 636. The average Bonchev–Trinajstić information content (AvgIpc) is 3.11. The zero-order valence-electron chi connectivity index (χ0n) is 13.3. The smallest absolute Gasteiger partial charge is 0.231 e. The van der Waals surface area contributed by atoms with E-state index in [4.69, 9.17) is 16.1 Å². The van der Waals surface area contributed by atoms with Crippen molar-refractivity contribution in [2.24, 2.45) is 0 Å². The van der Waals surface area contributed by atoms with Gasteiger partial charge < -0.3 is 4.52 Å². The lowest BCUT2D eigenvalue weighted by Gasteiger charge is -2.30. The summed E-state index contributed by atoms with van der Waals surface area (Å²) < 4.78 is 5.46. The van der Waals surface area contributed by atoms with Gasteiger partial charge in [0.25, 0.3) is 0 Å². The van der Waals surface area contributed by atoms with E-state index in [0.29, 0.717) is 11.8 Å². The number of hydrogen-bond donors (Lipinski definition) is 1. The van der Waals surface area contributed by atoms with Gasteiger partial charge in [0.05, 0.1) is 22.3 Å². The molecule has 0 amide bonds. The Morgan fingerprint density at radius 2 is 2.27 bits per heavy atom. The molecule has 3 rings (SSSR count). The van der Waals surface area contributed by atoms with Crippen LogP contribution < -0.4 is 0 Å². The number of H-pyrrole nitrogens is 1. The van der Waals surface area contributed by atoms with Crippen molar-refractivity contribution in [2.75, 3.05) is 13.1 Å². The second-order valence-electron chi connectivity index (χ2n) is 6.33.